The van der Waals surface area contributed by atoms with Crippen molar-refractivity contribution in [3.63, 3.8) is 0 Å². The van der Waals surface area contributed by atoms with Crippen molar-refractivity contribution in [2.75, 3.05) is 19.6 Å². The van der Waals surface area contributed by atoms with Crippen molar-refractivity contribution in [3.05, 3.63) is 35.9 Å². The van der Waals surface area contributed by atoms with E-state index in [0.29, 0.717) is 31.1 Å². The van der Waals surface area contributed by atoms with E-state index in [-0.39, 0.29) is 30.3 Å². The second-order valence-corrected chi connectivity index (χ2v) is 7.47. The molecule has 1 saturated heterocycles. The highest BCUT2D eigenvalue weighted by atomic mass is 35.5. The van der Waals surface area contributed by atoms with Gasteiger partial charge in [0.05, 0.1) is 5.41 Å². The summed E-state index contributed by atoms with van der Waals surface area (Å²) >= 11 is 0. The van der Waals surface area contributed by atoms with Crippen molar-refractivity contribution in [1.29, 1.82) is 0 Å². The third kappa shape index (κ3) is 4.73. The number of benzene rings is 1. The molecule has 2 unspecified atom stereocenters. The molecule has 2 atom stereocenters. The number of carbonyl (C=O) groups excluding carboxylic acids is 2. The first kappa shape index (κ1) is 19.7. The van der Waals surface area contributed by atoms with Gasteiger partial charge in [-0.2, -0.15) is 0 Å². The van der Waals surface area contributed by atoms with E-state index in [9.17, 15) is 9.59 Å². The fourth-order valence-corrected chi connectivity index (χ4v) is 3.48. The minimum Gasteiger partial charge on any atom is -0.354 e. The van der Waals surface area contributed by atoms with Crippen LogP contribution in [0.1, 0.15) is 43.0 Å². The van der Waals surface area contributed by atoms with Crippen LogP contribution < -0.4 is 11.1 Å². The van der Waals surface area contributed by atoms with Crippen molar-refractivity contribution in [2.24, 2.45) is 17.1 Å². The molecule has 0 bridgehead atoms. The Morgan fingerprint density at radius 3 is 2.64 bits per heavy atom. The molecule has 1 aliphatic carbocycles. The van der Waals surface area contributed by atoms with E-state index in [0.717, 1.165) is 12.8 Å². The van der Waals surface area contributed by atoms with E-state index in [1.165, 1.54) is 12.8 Å². The molecule has 2 fully saturated rings. The molecule has 1 aromatic rings. The summed E-state index contributed by atoms with van der Waals surface area (Å²) in [5, 5.41) is 3.01. The summed E-state index contributed by atoms with van der Waals surface area (Å²) in [5.41, 5.74) is 6.22. The summed E-state index contributed by atoms with van der Waals surface area (Å²) in [6.45, 7) is 3.66. The van der Waals surface area contributed by atoms with E-state index in [1.807, 2.05) is 37.3 Å². The zero-order valence-corrected chi connectivity index (χ0v) is 15.6. The van der Waals surface area contributed by atoms with Gasteiger partial charge in [0.1, 0.15) is 0 Å². The number of nitrogens with one attached hydrogen (secondary N) is 1. The third-order valence-electron chi connectivity index (χ3n) is 5.28. The second-order valence-electron chi connectivity index (χ2n) is 7.47. The first-order valence-electron chi connectivity index (χ1n) is 8.88. The number of amides is 2. The molecular formula is C19H28ClN3O2. The van der Waals surface area contributed by atoms with Gasteiger partial charge in [0, 0.05) is 31.2 Å². The number of halogens is 1. The maximum Gasteiger partial charge on any atom is 0.253 e. The second kappa shape index (κ2) is 8.19. The number of rotatable bonds is 5. The Bertz CT molecular complexity index is 606. The zero-order valence-electron chi connectivity index (χ0n) is 14.7. The molecule has 0 aromatic heterocycles. The summed E-state index contributed by atoms with van der Waals surface area (Å²) in [7, 11) is 0. The Morgan fingerprint density at radius 1 is 1.32 bits per heavy atom. The number of piperidine rings is 1. The van der Waals surface area contributed by atoms with Gasteiger partial charge in [-0.05, 0) is 50.7 Å². The van der Waals surface area contributed by atoms with Gasteiger partial charge in [-0.15, -0.1) is 12.4 Å². The molecule has 3 N–H and O–H groups in total. The standard InChI is InChI=1S/C19H27N3O2.ClH/c1-19(18(24)21-12-16(20)14-8-9-14)10-5-11-22(13-19)17(23)15-6-3-2-4-7-15;/h2-4,6-7,14,16H,5,8-13,20H2,1H3,(H,21,24);1H. The molecule has 5 nitrogen and oxygen atoms in total. The molecule has 1 heterocycles. The lowest BCUT2D eigenvalue weighted by atomic mass is 9.80. The van der Waals surface area contributed by atoms with Crippen molar-refractivity contribution >= 4 is 24.2 Å². The predicted molar refractivity (Wildman–Crippen MR) is 101 cm³/mol. The lowest BCUT2D eigenvalue weighted by molar-refractivity contribution is -0.132. The number of nitrogens with zero attached hydrogens (tertiary/aromatic N) is 1. The molecule has 2 aliphatic rings. The number of likely N-dealkylation sites (tertiary alicyclic amines) is 1. The van der Waals surface area contributed by atoms with Crippen LogP contribution in [0.15, 0.2) is 30.3 Å². The fraction of sp³-hybridized carbons (Fsp3) is 0.579. The van der Waals surface area contributed by atoms with Gasteiger partial charge >= 0.3 is 0 Å². The van der Waals surface area contributed by atoms with Crippen molar-refractivity contribution in [1.82, 2.24) is 10.2 Å². The first-order chi connectivity index (χ1) is 11.5. The summed E-state index contributed by atoms with van der Waals surface area (Å²) in [6.07, 6.45) is 3.99. The zero-order chi connectivity index (χ0) is 17.2. The highest BCUT2D eigenvalue weighted by molar-refractivity contribution is 5.95. The Balaban J connectivity index is 0.00000225. The van der Waals surface area contributed by atoms with E-state index in [4.69, 9.17) is 5.73 Å². The minimum absolute atomic E-state index is 0. The van der Waals surface area contributed by atoms with E-state index >= 15 is 0 Å². The molecule has 1 saturated carbocycles. The van der Waals surface area contributed by atoms with Crippen LogP contribution in [0.3, 0.4) is 0 Å². The number of carbonyl (C=O) groups is 2. The van der Waals surface area contributed by atoms with Crippen LogP contribution in [-0.4, -0.2) is 42.4 Å². The van der Waals surface area contributed by atoms with Gasteiger partial charge in [-0.25, -0.2) is 0 Å². The van der Waals surface area contributed by atoms with Gasteiger partial charge < -0.3 is 16.0 Å². The van der Waals surface area contributed by atoms with Crippen LogP contribution in [0.2, 0.25) is 0 Å². The maximum atomic E-state index is 12.7. The molecule has 0 radical (unpaired) electrons. The quantitative estimate of drug-likeness (QED) is 0.839. The number of nitrogens with two attached hydrogens (primary N) is 1. The average Bonchev–Trinajstić information content (AvgIpc) is 3.44. The smallest absolute Gasteiger partial charge is 0.253 e. The third-order valence-corrected chi connectivity index (χ3v) is 5.28. The Hall–Kier alpha value is -1.59. The van der Waals surface area contributed by atoms with Crippen LogP contribution in [0.4, 0.5) is 0 Å². The molecule has 6 heteroatoms. The minimum atomic E-state index is -0.536. The first-order valence-corrected chi connectivity index (χ1v) is 8.88. The molecule has 2 amide bonds. The lowest BCUT2D eigenvalue weighted by Gasteiger charge is -2.39. The van der Waals surface area contributed by atoms with Crippen molar-refractivity contribution in [3.8, 4) is 0 Å². The Morgan fingerprint density at radius 2 is 2.00 bits per heavy atom. The van der Waals surface area contributed by atoms with Gasteiger partial charge in [-0.3, -0.25) is 9.59 Å². The Labute approximate surface area is 155 Å². The summed E-state index contributed by atoms with van der Waals surface area (Å²) in [6, 6.07) is 9.33. The fourth-order valence-electron chi connectivity index (χ4n) is 3.48. The normalized spacial score (nSPS) is 24.2. The van der Waals surface area contributed by atoms with Crippen LogP contribution in [0.5, 0.6) is 0 Å². The lowest BCUT2D eigenvalue weighted by Crippen LogP contribution is -2.53. The number of hydrogen-bond acceptors (Lipinski definition) is 3. The van der Waals surface area contributed by atoms with E-state index in [1.54, 1.807) is 4.90 Å². The molecule has 0 spiro atoms. The Kier molecular flexibility index (Phi) is 6.47. The van der Waals surface area contributed by atoms with E-state index < -0.39 is 5.41 Å². The monoisotopic (exact) mass is 365 g/mol. The van der Waals surface area contributed by atoms with Gasteiger partial charge in [-0.1, -0.05) is 18.2 Å². The molecular weight excluding hydrogens is 338 g/mol. The van der Waals surface area contributed by atoms with Crippen molar-refractivity contribution < 1.29 is 9.59 Å². The van der Waals surface area contributed by atoms with Gasteiger partial charge in [0.15, 0.2) is 0 Å². The van der Waals surface area contributed by atoms with Crippen LogP contribution in [0.25, 0.3) is 0 Å². The van der Waals surface area contributed by atoms with Crippen LogP contribution >= 0.6 is 12.4 Å². The topological polar surface area (TPSA) is 75.4 Å². The van der Waals surface area contributed by atoms with Gasteiger partial charge in [0.2, 0.25) is 5.91 Å². The summed E-state index contributed by atoms with van der Waals surface area (Å²) in [4.78, 5) is 27.1. The van der Waals surface area contributed by atoms with Gasteiger partial charge in [0.25, 0.3) is 5.91 Å². The molecule has 1 aromatic carbocycles. The SMILES string of the molecule is CC1(C(=O)NCC(N)C2CC2)CCCN(C(=O)c2ccccc2)C1.Cl. The average molecular weight is 366 g/mol. The van der Waals surface area contributed by atoms with Crippen molar-refractivity contribution in [2.45, 2.75) is 38.6 Å². The van der Waals surface area contributed by atoms with Crippen LogP contribution in [-0.2, 0) is 4.79 Å². The highest BCUT2D eigenvalue weighted by Gasteiger charge is 2.40. The van der Waals surface area contributed by atoms with Crippen LogP contribution in [0, 0.1) is 11.3 Å². The molecule has 25 heavy (non-hydrogen) atoms. The molecule has 3 rings (SSSR count). The summed E-state index contributed by atoms with van der Waals surface area (Å²) < 4.78 is 0. The van der Waals surface area contributed by atoms with E-state index in [2.05, 4.69) is 5.32 Å². The maximum absolute atomic E-state index is 12.7. The largest absolute Gasteiger partial charge is 0.354 e. The highest BCUT2D eigenvalue weighted by Crippen LogP contribution is 2.32. The summed E-state index contributed by atoms with van der Waals surface area (Å²) in [5.74, 6) is 0.591. The number of hydrogen-bond donors (Lipinski definition) is 2. The molecule has 1 aliphatic heterocycles. The molecule has 138 valence electrons. The predicted octanol–water partition coefficient (Wildman–Crippen LogP) is 2.20.